The van der Waals surface area contributed by atoms with Gasteiger partial charge in [0.25, 0.3) is 0 Å². The van der Waals surface area contributed by atoms with E-state index in [2.05, 4.69) is 0 Å². The third-order valence-corrected chi connectivity index (χ3v) is 0. The first-order chi connectivity index (χ1) is 2.73. The van der Waals surface area contributed by atoms with Crippen LogP contribution in [0.15, 0.2) is 0 Å². The second kappa shape index (κ2) is 39.8. The first kappa shape index (κ1) is 37.9. The SMILES string of the molecule is O=C([O-])[O-].[Na+].[Na+].[Na+].[Na+].[O-][O-]. The van der Waals surface area contributed by atoms with Gasteiger partial charge in [0, 0.05) is 0 Å². The van der Waals surface area contributed by atoms with Crippen LogP contribution in [-0.4, -0.2) is 6.16 Å². The second-order valence-corrected chi connectivity index (χ2v) is 0.250. The third-order valence-electron chi connectivity index (χ3n) is 0. The summed E-state index contributed by atoms with van der Waals surface area (Å²) in [5.41, 5.74) is 0. The number of carbonyl (C=O) groups excluding carboxylic acids is 1. The van der Waals surface area contributed by atoms with Crippen LogP contribution in [-0.2, 0) is 0 Å². The standard InChI is InChI=1S/CH2O3.4Na.O2/c2-1(3)4;;;;;1-2/h(H2,2,3,4);;;;;/q;4*+1;-2/p-2. The van der Waals surface area contributed by atoms with Gasteiger partial charge in [-0.3, -0.25) is 0 Å². The van der Waals surface area contributed by atoms with E-state index in [1.807, 2.05) is 0 Å². The van der Waals surface area contributed by atoms with E-state index in [9.17, 15) is 0 Å². The molecule has 0 saturated heterocycles. The normalized spacial score (nSPS) is 3.00. The molecular weight excluding hydrogens is 184 g/mol. The quantitative estimate of drug-likeness (QED) is 0.211. The summed E-state index contributed by atoms with van der Waals surface area (Å²) in [5.74, 6) is 0. The summed E-state index contributed by atoms with van der Waals surface area (Å²) in [6, 6.07) is 0. The molecule has 0 radical (unpaired) electrons. The molecule has 0 spiro atoms. The number of rotatable bonds is 0. The largest absolute Gasteiger partial charge is 1.00 e. The second-order valence-electron chi connectivity index (χ2n) is 0.250. The van der Waals surface area contributed by atoms with Crippen LogP contribution in [0.1, 0.15) is 0 Å². The maximum atomic E-state index is 8.33. The van der Waals surface area contributed by atoms with E-state index in [4.69, 9.17) is 25.5 Å². The summed E-state index contributed by atoms with van der Waals surface area (Å²) in [7, 11) is 0. The van der Waals surface area contributed by atoms with E-state index in [0.29, 0.717) is 0 Å². The van der Waals surface area contributed by atoms with Crippen LogP contribution in [0.2, 0.25) is 0 Å². The molecule has 0 aliphatic heterocycles. The first-order valence-corrected chi connectivity index (χ1v) is 0.779. The van der Waals surface area contributed by atoms with Gasteiger partial charge in [-0.25, -0.2) is 0 Å². The van der Waals surface area contributed by atoms with Crippen LogP contribution in [0, 0.1) is 0 Å². The molecule has 0 aromatic rings. The number of hydrogen-bond donors (Lipinski definition) is 0. The first-order valence-electron chi connectivity index (χ1n) is 0.779. The molecule has 0 N–H and O–H groups in total. The topological polar surface area (TPSA) is 109 Å². The van der Waals surface area contributed by atoms with Crippen LogP contribution in [0.25, 0.3) is 0 Å². The van der Waals surface area contributed by atoms with E-state index in [1.54, 1.807) is 0 Å². The molecule has 5 nitrogen and oxygen atoms in total. The molecule has 38 valence electrons. The van der Waals surface area contributed by atoms with Crippen molar-refractivity contribution in [3.63, 3.8) is 0 Å². The van der Waals surface area contributed by atoms with Gasteiger partial charge in [0.15, 0.2) is 0 Å². The smallest absolute Gasteiger partial charge is 1.00 e. The number of hydrogen-bond acceptors (Lipinski definition) is 5. The Morgan fingerprint density at radius 3 is 0.800 bits per heavy atom. The van der Waals surface area contributed by atoms with Crippen LogP contribution in [0.3, 0.4) is 0 Å². The van der Waals surface area contributed by atoms with E-state index in [0.717, 1.165) is 0 Å². The Labute approximate surface area is 147 Å². The van der Waals surface area contributed by atoms with Gasteiger partial charge in [-0.05, 0) is 6.16 Å². The van der Waals surface area contributed by atoms with Crippen LogP contribution >= 0.6 is 0 Å². The summed E-state index contributed by atoms with van der Waals surface area (Å²) >= 11 is 0. The summed E-state index contributed by atoms with van der Waals surface area (Å²) in [4.78, 5) is 8.33. The Morgan fingerprint density at radius 2 is 0.800 bits per heavy atom. The molecule has 0 saturated carbocycles. The molecule has 0 unspecified atom stereocenters. The van der Waals surface area contributed by atoms with Gasteiger partial charge in [-0.15, -0.1) is 0 Å². The zero-order valence-electron chi connectivity index (χ0n) is 6.54. The van der Waals surface area contributed by atoms with Gasteiger partial charge in [0.1, 0.15) is 0 Å². The molecule has 0 atom stereocenters. The molecule has 9 heteroatoms. The maximum absolute atomic E-state index is 8.33. The van der Waals surface area contributed by atoms with Crippen LogP contribution in [0.5, 0.6) is 0 Å². The van der Waals surface area contributed by atoms with Gasteiger partial charge in [-0.1, -0.05) is 0 Å². The van der Waals surface area contributed by atoms with Crippen molar-refractivity contribution in [2.45, 2.75) is 0 Å². The Bertz CT molecular complexity index is 36.6. The Morgan fingerprint density at radius 1 is 0.800 bits per heavy atom. The predicted molar refractivity (Wildman–Crippen MR) is 5.40 cm³/mol. The molecule has 0 bridgehead atoms. The molecular formula is CNa4O5. The van der Waals surface area contributed by atoms with Gasteiger partial charge in [0.05, 0.1) is 0 Å². The molecule has 0 heterocycles. The minimum Gasteiger partial charge on any atom is -1.00 e. The van der Waals surface area contributed by atoms with E-state index < -0.39 is 6.16 Å². The zero-order chi connectivity index (χ0) is 5.58. The van der Waals surface area contributed by atoms with Gasteiger partial charge in [-0.2, -0.15) is 0 Å². The van der Waals surface area contributed by atoms with Crippen molar-refractivity contribution < 1.29 is 144 Å². The van der Waals surface area contributed by atoms with Crippen molar-refractivity contribution in [1.82, 2.24) is 0 Å². The molecule has 0 fully saturated rings. The molecule has 0 aliphatic rings. The van der Waals surface area contributed by atoms with Crippen molar-refractivity contribution >= 4 is 6.16 Å². The van der Waals surface area contributed by atoms with Gasteiger partial charge in [0.2, 0.25) is 0 Å². The van der Waals surface area contributed by atoms with Crippen molar-refractivity contribution in [2.24, 2.45) is 0 Å². The molecule has 10 heavy (non-hydrogen) atoms. The molecule has 0 aromatic heterocycles. The van der Waals surface area contributed by atoms with Crippen molar-refractivity contribution in [1.29, 1.82) is 0 Å². The molecule has 0 amide bonds. The van der Waals surface area contributed by atoms with Crippen molar-refractivity contribution in [2.75, 3.05) is 0 Å². The van der Waals surface area contributed by atoms with Gasteiger partial charge >= 0.3 is 118 Å². The predicted octanol–water partition coefficient (Wildman–Crippen LogP) is -16.8. The summed E-state index contributed by atoms with van der Waals surface area (Å²) in [5, 5.41) is 30.7. The van der Waals surface area contributed by atoms with Crippen LogP contribution in [0.4, 0.5) is 4.79 Å². The summed E-state index contributed by atoms with van der Waals surface area (Å²) in [6.07, 6.45) is -2.33. The molecule has 0 aromatic carbocycles. The van der Waals surface area contributed by atoms with E-state index in [1.165, 1.54) is 0 Å². The number of carboxylic acid groups (broad SMARTS) is 2. The van der Waals surface area contributed by atoms with Crippen molar-refractivity contribution in [3.05, 3.63) is 0 Å². The summed E-state index contributed by atoms with van der Waals surface area (Å²) in [6.45, 7) is 0. The average molecular weight is 184 g/mol. The average Bonchev–Trinajstić information content (AvgIpc) is 1.41. The number of carbonyl (C=O) groups is 1. The fourth-order valence-corrected chi connectivity index (χ4v) is 0. The Kier molecular flexibility index (Phi) is 151. The minimum absolute atomic E-state index is 0. The Balaban J connectivity index is -0.00000000625. The van der Waals surface area contributed by atoms with E-state index >= 15 is 0 Å². The minimum atomic E-state index is -2.33. The van der Waals surface area contributed by atoms with E-state index in [-0.39, 0.29) is 118 Å². The molecule has 0 rings (SSSR count). The summed E-state index contributed by atoms with van der Waals surface area (Å²) < 4.78 is 0. The Hall–Kier alpha value is 3.19. The van der Waals surface area contributed by atoms with Crippen LogP contribution < -0.4 is 139 Å². The van der Waals surface area contributed by atoms with Crippen molar-refractivity contribution in [3.8, 4) is 0 Å². The molecule has 0 aliphatic carbocycles. The zero-order valence-corrected chi connectivity index (χ0v) is 14.5. The fourth-order valence-electron chi connectivity index (χ4n) is 0. The maximum Gasteiger partial charge on any atom is 1.00 e. The fraction of sp³-hybridized carbons (Fsp3) is 0. The monoisotopic (exact) mass is 184 g/mol. The van der Waals surface area contributed by atoms with Gasteiger partial charge < -0.3 is 25.5 Å². The third kappa shape index (κ3) is 114.